The standard InChI is InChI=1S/C19H18N2O2S2/c1-23-17-11-14(24-2)8-9-16(17)18(22)21-19-20-12-15(25-19)10-13-6-4-3-5-7-13/h3-9,11-12H,10H2,1-2H3,(H,20,21,22). The molecule has 0 saturated heterocycles. The van der Waals surface area contributed by atoms with Gasteiger partial charge in [0.05, 0.1) is 12.7 Å². The number of aromatic nitrogens is 1. The van der Waals surface area contributed by atoms with Crippen LogP contribution in [0.3, 0.4) is 0 Å². The second kappa shape index (κ2) is 8.18. The molecular formula is C19H18N2O2S2. The van der Waals surface area contributed by atoms with Gasteiger partial charge in [0, 0.05) is 22.4 Å². The number of carbonyl (C=O) groups is 1. The van der Waals surface area contributed by atoms with E-state index in [1.54, 1.807) is 31.1 Å². The molecule has 3 aromatic rings. The largest absolute Gasteiger partial charge is 0.496 e. The first kappa shape index (κ1) is 17.5. The van der Waals surface area contributed by atoms with E-state index >= 15 is 0 Å². The van der Waals surface area contributed by atoms with Crippen LogP contribution in [0.25, 0.3) is 0 Å². The minimum atomic E-state index is -0.217. The quantitative estimate of drug-likeness (QED) is 0.638. The van der Waals surface area contributed by atoms with Crippen molar-refractivity contribution in [2.45, 2.75) is 11.3 Å². The monoisotopic (exact) mass is 370 g/mol. The summed E-state index contributed by atoms with van der Waals surface area (Å²) in [4.78, 5) is 19.0. The van der Waals surface area contributed by atoms with Crippen LogP contribution >= 0.6 is 23.1 Å². The lowest BCUT2D eigenvalue weighted by Crippen LogP contribution is -2.13. The Balaban J connectivity index is 1.71. The van der Waals surface area contributed by atoms with Gasteiger partial charge in [-0.15, -0.1) is 23.1 Å². The van der Waals surface area contributed by atoms with Crippen molar-refractivity contribution < 1.29 is 9.53 Å². The minimum Gasteiger partial charge on any atom is -0.496 e. The number of ether oxygens (including phenoxy) is 1. The molecule has 1 heterocycles. The summed E-state index contributed by atoms with van der Waals surface area (Å²) >= 11 is 3.09. The highest BCUT2D eigenvalue weighted by Gasteiger charge is 2.15. The molecule has 0 bridgehead atoms. The van der Waals surface area contributed by atoms with Gasteiger partial charge in [-0.2, -0.15) is 0 Å². The number of thiazole rings is 1. The summed E-state index contributed by atoms with van der Waals surface area (Å²) in [6.45, 7) is 0. The van der Waals surface area contributed by atoms with Crippen LogP contribution in [-0.2, 0) is 6.42 Å². The van der Waals surface area contributed by atoms with Crippen molar-refractivity contribution in [1.29, 1.82) is 0 Å². The number of nitrogens with zero attached hydrogens (tertiary/aromatic N) is 1. The molecule has 1 N–H and O–H groups in total. The number of nitrogens with one attached hydrogen (secondary N) is 1. The number of amides is 1. The van der Waals surface area contributed by atoms with Gasteiger partial charge in [-0.05, 0) is 30.0 Å². The lowest BCUT2D eigenvalue weighted by atomic mass is 10.1. The van der Waals surface area contributed by atoms with E-state index in [-0.39, 0.29) is 5.91 Å². The average Bonchev–Trinajstić information content (AvgIpc) is 3.08. The molecule has 1 aromatic heterocycles. The third-order valence-electron chi connectivity index (χ3n) is 3.65. The molecule has 0 aliphatic heterocycles. The van der Waals surface area contributed by atoms with Crippen LogP contribution in [-0.4, -0.2) is 24.3 Å². The first-order valence-electron chi connectivity index (χ1n) is 7.71. The van der Waals surface area contributed by atoms with Crippen LogP contribution in [0.1, 0.15) is 20.8 Å². The fraction of sp³-hybridized carbons (Fsp3) is 0.158. The molecule has 0 saturated carbocycles. The molecule has 0 fully saturated rings. The van der Waals surface area contributed by atoms with E-state index < -0.39 is 0 Å². The Morgan fingerprint density at radius 2 is 2.04 bits per heavy atom. The van der Waals surface area contributed by atoms with Gasteiger partial charge >= 0.3 is 0 Å². The molecule has 0 spiro atoms. The highest BCUT2D eigenvalue weighted by atomic mass is 32.2. The number of rotatable bonds is 6. The number of hydrogen-bond acceptors (Lipinski definition) is 5. The minimum absolute atomic E-state index is 0.217. The summed E-state index contributed by atoms with van der Waals surface area (Å²) in [5.41, 5.74) is 1.72. The third kappa shape index (κ3) is 4.41. The van der Waals surface area contributed by atoms with Gasteiger partial charge in [0.15, 0.2) is 5.13 Å². The highest BCUT2D eigenvalue weighted by Crippen LogP contribution is 2.27. The van der Waals surface area contributed by atoms with Gasteiger partial charge < -0.3 is 4.74 Å². The van der Waals surface area contributed by atoms with Crippen molar-refractivity contribution in [3.63, 3.8) is 0 Å². The zero-order chi connectivity index (χ0) is 17.6. The Labute approximate surface area is 155 Å². The molecule has 128 valence electrons. The van der Waals surface area contributed by atoms with E-state index in [4.69, 9.17) is 4.74 Å². The number of methoxy groups -OCH3 is 1. The van der Waals surface area contributed by atoms with E-state index in [1.807, 2.05) is 36.6 Å². The molecule has 0 aliphatic rings. The first-order valence-corrected chi connectivity index (χ1v) is 9.75. The van der Waals surface area contributed by atoms with Gasteiger partial charge in [-0.3, -0.25) is 10.1 Å². The maximum absolute atomic E-state index is 12.5. The average molecular weight is 370 g/mol. The number of benzene rings is 2. The second-order valence-electron chi connectivity index (χ2n) is 5.31. The number of anilines is 1. The van der Waals surface area contributed by atoms with E-state index in [0.717, 1.165) is 16.2 Å². The maximum Gasteiger partial charge on any atom is 0.261 e. The third-order valence-corrected chi connectivity index (χ3v) is 5.29. The number of thioether (sulfide) groups is 1. The highest BCUT2D eigenvalue weighted by molar-refractivity contribution is 7.98. The fourth-order valence-electron chi connectivity index (χ4n) is 2.39. The van der Waals surface area contributed by atoms with Gasteiger partial charge in [0.25, 0.3) is 5.91 Å². The summed E-state index contributed by atoms with van der Waals surface area (Å²) in [7, 11) is 1.57. The van der Waals surface area contributed by atoms with Gasteiger partial charge in [-0.1, -0.05) is 30.3 Å². The molecule has 0 unspecified atom stereocenters. The Bertz CT molecular complexity index is 863. The SMILES string of the molecule is COc1cc(SC)ccc1C(=O)Nc1ncc(Cc2ccccc2)s1. The zero-order valence-electron chi connectivity index (χ0n) is 14.0. The normalized spacial score (nSPS) is 10.5. The summed E-state index contributed by atoms with van der Waals surface area (Å²) in [6.07, 6.45) is 4.60. The lowest BCUT2D eigenvalue weighted by Gasteiger charge is -2.09. The molecule has 6 heteroatoms. The smallest absolute Gasteiger partial charge is 0.261 e. The van der Waals surface area contributed by atoms with Crippen LogP contribution in [0, 0.1) is 0 Å². The maximum atomic E-state index is 12.5. The summed E-state index contributed by atoms with van der Waals surface area (Å²) in [5.74, 6) is 0.343. The van der Waals surface area contributed by atoms with Crippen molar-refractivity contribution in [2.24, 2.45) is 0 Å². The van der Waals surface area contributed by atoms with Crippen molar-refractivity contribution >= 4 is 34.1 Å². The van der Waals surface area contributed by atoms with Crippen molar-refractivity contribution in [2.75, 3.05) is 18.7 Å². The number of carbonyl (C=O) groups excluding carboxylic acids is 1. The topological polar surface area (TPSA) is 51.2 Å². The molecule has 0 aliphatic carbocycles. The lowest BCUT2D eigenvalue weighted by molar-refractivity contribution is 0.102. The van der Waals surface area contributed by atoms with E-state index in [2.05, 4.69) is 22.4 Å². The summed E-state index contributed by atoms with van der Waals surface area (Å²) in [5, 5.41) is 3.45. The van der Waals surface area contributed by atoms with Crippen LogP contribution < -0.4 is 10.1 Å². The predicted molar refractivity (Wildman–Crippen MR) is 104 cm³/mol. The molecule has 25 heavy (non-hydrogen) atoms. The predicted octanol–water partition coefficient (Wildman–Crippen LogP) is 4.72. The van der Waals surface area contributed by atoms with Gasteiger partial charge in [-0.25, -0.2) is 4.98 Å². The Hall–Kier alpha value is -2.31. The summed E-state index contributed by atoms with van der Waals surface area (Å²) < 4.78 is 5.34. The number of hydrogen-bond donors (Lipinski definition) is 1. The molecule has 4 nitrogen and oxygen atoms in total. The van der Waals surface area contributed by atoms with E-state index in [0.29, 0.717) is 16.4 Å². The van der Waals surface area contributed by atoms with Crippen LogP contribution in [0.2, 0.25) is 0 Å². The molecular weight excluding hydrogens is 352 g/mol. The van der Waals surface area contributed by atoms with E-state index in [9.17, 15) is 4.79 Å². The molecule has 0 radical (unpaired) electrons. The molecule has 3 rings (SSSR count). The molecule has 2 aromatic carbocycles. The Morgan fingerprint density at radius 3 is 2.76 bits per heavy atom. The van der Waals surface area contributed by atoms with Crippen molar-refractivity contribution in [1.82, 2.24) is 4.98 Å². The van der Waals surface area contributed by atoms with E-state index in [1.165, 1.54) is 16.9 Å². The Kier molecular flexibility index (Phi) is 5.73. The van der Waals surface area contributed by atoms with Gasteiger partial charge in [0.1, 0.15) is 5.75 Å². The zero-order valence-corrected chi connectivity index (χ0v) is 15.6. The van der Waals surface area contributed by atoms with Crippen LogP contribution in [0.15, 0.2) is 59.6 Å². The van der Waals surface area contributed by atoms with Crippen molar-refractivity contribution in [3.8, 4) is 5.75 Å². The van der Waals surface area contributed by atoms with Crippen molar-refractivity contribution in [3.05, 3.63) is 70.7 Å². The van der Waals surface area contributed by atoms with Gasteiger partial charge in [0.2, 0.25) is 0 Å². The molecule has 0 atom stereocenters. The second-order valence-corrected chi connectivity index (χ2v) is 7.31. The van der Waals surface area contributed by atoms with Crippen LogP contribution in [0.5, 0.6) is 5.75 Å². The van der Waals surface area contributed by atoms with Crippen LogP contribution in [0.4, 0.5) is 5.13 Å². The summed E-state index contributed by atoms with van der Waals surface area (Å²) in [6, 6.07) is 15.7. The molecule has 1 amide bonds. The first-order chi connectivity index (χ1) is 12.2. The Morgan fingerprint density at radius 1 is 1.24 bits per heavy atom. The fourth-order valence-corrected chi connectivity index (χ4v) is 3.67.